The zero-order valence-corrected chi connectivity index (χ0v) is 13.1. The van der Waals surface area contributed by atoms with Crippen LogP contribution in [0.25, 0.3) is 0 Å². The number of ether oxygens (including phenoxy) is 1. The number of rotatable bonds is 6. The lowest BCUT2D eigenvalue weighted by molar-refractivity contribution is -0.139. The molecule has 2 aromatic rings. The normalized spacial score (nSPS) is 11.4. The van der Waals surface area contributed by atoms with E-state index in [1.165, 1.54) is 25.1 Å². The van der Waals surface area contributed by atoms with Gasteiger partial charge in [0.15, 0.2) is 0 Å². The molecule has 0 unspecified atom stereocenters. The molecule has 0 aromatic heterocycles. The van der Waals surface area contributed by atoms with Crippen LogP contribution in [-0.4, -0.2) is 29.0 Å². The Morgan fingerprint density at radius 1 is 1.08 bits per heavy atom. The van der Waals surface area contributed by atoms with Crippen LogP contribution in [0.1, 0.15) is 22.8 Å². The molecule has 6 heteroatoms. The maximum atomic E-state index is 12.3. The summed E-state index contributed by atoms with van der Waals surface area (Å²) in [5, 5.41) is 11.8. The van der Waals surface area contributed by atoms with Gasteiger partial charge in [0.05, 0.1) is 0 Å². The van der Waals surface area contributed by atoms with E-state index >= 15 is 0 Å². The molecule has 0 heterocycles. The minimum Gasteiger partial charge on any atom is -0.480 e. The lowest BCUT2D eigenvalue weighted by Gasteiger charge is -2.15. The number of esters is 1. The molecule has 0 aliphatic carbocycles. The van der Waals surface area contributed by atoms with Crippen molar-refractivity contribution in [2.75, 3.05) is 0 Å². The number of aliphatic carboxylic acids is 1. The molecular weight excluding hydrogens is 310 g/mol. The third-order valence-electron chi connectivity index (χ3n) is 3.24. The van der Waals surface area contributed by atoms with Crippen LogP contribution in [0.5, 0.6) is 5.75 Å². The van der Waals surface area contributed by atoms with E-state index in [0.717, 1.165) is 5.56 Å². The Balaban J connectivity index is 2.10. The molecule has 1 atom stereocenters. The van der Waals surface area contributed by atoms with Gasteiger partial charge < -0.3 is 15.2 Å². The largest absolute Gasteiger partial charge is 0.480 e. The molecular formula is C18H17NO5. The van der Waals surface area contributed by atoms with Crippen molar-refractivity contribution in [3.05, 3.63) is 65.7 Å². The molecule has 0 spiro atoms. The minimum atomic E-state index is -1.12. The molecule has 124 valence electrons. The summed E-state index contributed by atoms with van der Waals surface area (Å²) in [6.07, 6.45) is 0.172. The molecule has 0 aliphatic heterocycles. The van der Waals surface area contributed by atoms with Gasteiger partial charge in [-0.2, -0.15) is 0 Å². The summed E-state index contributed by atoms with van der Waals surface area (Å²) in [5.41, 5.74) is 1.02. The summed E-state index contributed by atoms with van der Waals surface area (Å²) in [4.78, 5) is 34.6. The van der Waals surface area contributed by atoms with Crippen molar-refractivity contribution in [2.45, 2.75) is 19.4 Å². The maximum absolute atomic E-state index is 12.3. The highest BCUT2D eigenvalue weighted by molar-refractivity contribution is 5.97. The van der Waals surface area contributed by atoms with Gasteiger partial charge in [0, 0.05) is 18.9 Å². The molecule has 24 heavy (non-hydrogen) atoms. The Labute approximate surface area is 139 Å². The molecule has 2 rings (SSSR count). The molecule has 0 bridgehead atoms. The summed E-state index contributed by atoms with van der Waals surface area (Å²) in [7, 11) is 0. The number of hydrogen-bond acceptors (Lipinski definition) is 4. The fourth-order valence-electron chi connectivity index (χ4n) is 2.16. The molecule has 2 aromatic carbocycles. The van der Waals surface area contributed by atoms with E-state index in [9.17, 15) is 19.5 Å². The first-order valence-corrected chi connectivity index (χ1v) is 7.32. The van der Waals surface area contributed by atoms with Gasteiger partial charge in [0.25, 0.3) is 5.91 Å². The second kappa shape index (κ2) is 7.92. The first kappa shape index (κ1) is 17.2. The lowest BCUT2D eigenvalue weighted by Crippen LogP contribution is -2.42. The van der Waals surface area contributed by atoms with E-state index in [2.05, 4.69) is 5.32 Å². The van der Waals surface area contributed by atoms with Gasteiger partial charge in [-0.3, -0.25) is 9.59 Å². The first-order valence-electron chi connectivity index (χ1n) is 7.32. The average Bonchev–Trinajstić information content (AvgIpc) is 2.54. The zero-order chi connectivity index (χ0) is 17.5. The molecule has 0 fully saturated rings. The monoisotopic (exact) mass is 327 g/mol. The molecule has 0 aliphatic rings. The number of carboxylic acid groups (broad SMARTS) is 1. The number of nitrogens with one attached hydrogen (secondary N) is 1. The third-order valence-corrected chi connectivity index (χ3v) is 3.24. The molecule has 0 radical (unpaired) electrons. The zero-order valence-electron chi connectivity index (χ0n) is 13.1. The number of benzene rings is 2. The van der Waals surface area contributed by atoms with E-state index < -0.39 is 23.9 Å². The highest BCUT2D eigenvalue weighted by Gasteiger charge is 2.21. The van der Waals surface area contributed by atoms with E-state index in [4.69, 9.17) is 4.74 Å². The van der Waals surface area contributed by atoms with Crippen molar-refractivity contribution in [3.8, 4) is 5.75 Å². The number of carboxylic acids is 1. The van der Waals surface area contributed by atoms with Crippen LogP contribution >= 0.6 is 0 Å². The topological polar surface area (TPSA) is 92.7 Å². The summed E-state index contributed by atoms with van der Waals surface area (Å²) >= 11 is 0. The van der Waals surface area contributed by atoms with Crippen molar-refractivity contribution in [2.24, 2.45) is 0 Å². The second-order valence-electron chi connectivity index (χ2n) is 5.18. The first-order chi connectivity index (χ1) is 11.5. The van der Waals surface area contributed by atoms with E-state index in [1.807, 2.05) is 6.07 Å². The van der Waals surface area contributed by atoms with Crippen LogP contribution in [0, 0.1) is 0 Å². The smallest absolute Gasteiger partial charge is 0.326 e. The van der Waals surface area contributed by atoms with Crippen LogP contribution in [0.4, 0.5) is 0 Å². The summed E-state index contributed by atoms with van der Waals surface area (Å²) < 4.78 is 4.92. The summed E-state index contributed by atoms with van der Waals surface area (Å²) in [5.74, 6) is -1.94. The Morgan fingerprint density at radius 3 is 2.42 bits per heavy atom. The molecule has 6 nitrogen and oxygen atoms in total. The van der Waals surface area contributed by atoms with E-state index in [-0.39, 0.29) is 17.7 Å². The Bertz CT molecular complexity index is 742. The number of carbonyl (C=O) groups is 3. The molecule has 1 amide bonds. The lowest BCUT2D eigenvalue weighted by atomic mass is 10.1. The van der Waals surface area contributed by atoms with Crippen LogP contribution in [0.15, 0.2) is 54.6 Å². The third kappa shape index (κ3) is 4.95. The predicted molar refractivity (Wildman–Crippen MR) is 86.8 cm³/mol. The predicted octanol–water partition coefficient (Wildman–Crippen LogP) is 2.04. The summed E-state index contributed by atoms with van der Waals surface area (Å²) in [6, 6.07) is 14.0. The van der Waals surface area contributed by atoms with Gasteiger partial charge in [-0.15, -0.1) is 0 Å². The van der Waals surface area contributed by atoms with Gasteiger partial charge in [-0.05, 0) is 23.8 Å². The van der Waals surface area contributed by atoms with Gasteiger partial charge in [-0.1, -0.05) is 36.4 Å². The number of amides is 1. The van der Waals surface area contributed by atoms with E-state index in [0.29, 0.717) is 0 Å². The number of hydrogen-bond donors (Lipinski definition) is 2. The molecule has 0 saturated heterocycles. The fraction of sp³-hybridized carbons (Fsp3) is 0.167. The fourth-order valence-corrected chi connectivity index (χ4v) is 2.16. The Kier molecular flexibility index (Phi) is 5.68. The maximum Gasteiger partial charge on any atom is 0.326 e. The van der Waals surface area contributed by atoms with Crippen LogP contribution in [-0.2, 0) is 16.0 Å². The highest BCUT2D eigenvalue weighted by Crippen LogP contribution is 2.14. The number of carbonyl (C=O) groups excluding carboxylic acids is 2. The Morgan fingerprint density at radius 2 is 1.79 bits per heavy atom. The van der Waals surface area contributed by atoms with Crippen molar-refractivity contribution in [3.63, 3.8) is 0 Å². The van der Waals surface area contributed by atoms with Crippen LogP contribution < -0.4 is 10.1 Å². The van der Waals surface area contributed by atoms with Crippen molar-refractivity contribution >= 4 is 17.8 Å². The van der Waals surface area contributed by atoms with Crippen LogP contribution in [0.3, 0.4) is 0 Å². The van der Waals surface area contributed by atoms with Crippen molar-refractivity contribution < 1.29 is 24.2 Å². The van der Waals surface area contributed by atoms with Crippen molar-refractivity contribution in [1.29, 1.82) is 0 Å². The van der Waals surface area contributed by atoms with Crippen LogP contribution in [0.2, 0.25) is 0 Å². The second-order valence-corrected chi connectivity index (χ2v) is 5.18. The van der Waals surface area contributed by atoms with Gasteiger partial charge in [-0.25, -0.2) is 4.79 Å². The van der Waals surface area contributed by atoms with Gasteiger partial charge in [0.2, 0.25) is 0 Å². The quantitative estimate of drug-likeness (QED) is 0.625. The standard InChI is InChI=1S/C18H17NO5/c1-12(20)24-15-9-5-8-14(11-15)17(21)19-16(18(22)23)10-13-6-3-2-4-7-13/h2-9,11,16H,10H2,1H3,(H,19,21)(H,22,23)/t16-/m1/s1. The van der Waals surface area contributed by atoms with Gasteiger partial charge >= 0.3 is 11.9 Å². The Hall–Kier alpha value is -3.15. The molecule has 0 saturated carbocycles. The SMILES string of the molecule is CC(=O)Oc1cccc(C(=O)N[C@H](Cc2ccccc2)C(=O)O)c1. The van der Waals surface area contributed by atoms with Gasteiger partial charge in [0.1, 0.15) is 11.8 Å². The highest BCUT2D eigenvalue weighted by atomic mass is 16.5. The molecule has 2 N–H and O–H groups in total. The summed E-state index contributed by atoms with van der Waals surface area (Å²) in [6.45, 7) is 1.26. The van der Waals surface area contributed by atoms with E-state index in [1.54, 1.807) is 30.3 Å². The average molecular weight is 327 g/mol. The van der Waals surface area contributed by atoms with Crippen molar-refractivity contribution in [1.82, 2.24) is 5.32 Å². The minimum absolute atomic E-state index is 0.172.